The summed E-state index contributed by atoms with van der Waals surface area (Å²) in [6.07, 6.45) is 5.10. The molecule has 0 saturated heterocycles. The first-order valence-electron chi connectivity index (χ1n) is 6.29. The van der Waals surface area contributed by atoms with Gasteiger partial charge in [0, 0.05) is 0 Å². The van der Waals surface area contributed by atoms with Gasteiger partial charge in [-0.2, -0.15) is 0 Å². The van der Waals surface area contributed by atoms with E-state index in [4.69, 9.17) is 20.6 Å². The summed E-state index contributed by atoms with van der Waals surface area (Å²) in [6, 6.07) is 0. The molecule has 0 atom stereocenters. The van der Waals surface area contributed by atoms with Crippen molar-refractivity contribution in [3.05, 3.63) is 0 Å². The van der Waals surface area contributed by atoms with Gasteiger partial charge in [0.15, 0.2) is 0 Å². The summed E-state index contributed by atoms with van der Waals surface area (Å²) in [5.74, 6) is 1.48. The van der Waals surface area contributed by atoms with E-state index in [1.54, 1.807) is 13.8 Å². The highest BCUT2D eigenvalue weighted by atomic mass is 33.1. The van der Waals surface area contributed by atoms with Gasteiger partial charge >= 0.3 is 11.9 Å². The number of esters is 2. The quantitative estimate of drug-likeness (QED) is 0.150. The number of carbonyl (C=O) groups excluding carboxylic acids is 2. The number of rotatable bonds is 11. The number of hydrogen-bond acceptors (Lipinski definition) is 8. The number of carbonyl (C=O) groups is 2. The van der Waals surface area contributed by atoms with E-state index >= 15 is 0 Å². The van der Waals surface area contributed by atoms with E-state index in [2.05, 4.69) is 5.92 Å². The lowest BCUT2D eigenvalue weighted by atomic mass is 9.90. The van der Waals surface area contributed by atoms with Gasteiger partial charge in [0.05, 0.1) is 32.2 Å². The third kappa shape index (κ3) is 6.61. The molecule has 120 valence electrons. The van der Waals surface area contributed by atoms with Crippen LogP contribution in [0.4, 0.5) is 0 Å². The van der Waals surface area contributed by atoms with Crippen molar-refractivity contribution >= 4 is 33.5 Å². The smallest absolute Gasteiger partial charge is 0.328 e. The summed E-state index contributed by atoms with van der Waals surface area (Å²) < 4.78 is 15.0. The average Bonchev–Trinajstić information content (AvgIpc) is 2.47. The first kappa shape index (κ1) is 20.1. The van der Waals surface area contributed by atoms with Crippen molar-refractivity contribution in [3.8, 4) is 12.3 Å². The van der Waals surface area contributed by atoms with Gasteiger partial charge in [0.1, 0.15) is 5.94 Å². The zero-order valence-electron chi connectivity index (χ0n) is 12.1. The van der Waals surface area contributed by atoms with Crippen molar-refractivity contribution < 1.29 is 28.9 Å². The third-order valence-corrected chi connectivity index (χ3v) is 4.16. The molecule has 0 unspecified atom stereocenters. The van der Waals surface area contributed by atoms with Gasteiger partial charge in [-0.1, -0.05) is 27.5 Å². The number of aliphatic hydroxyl groups excluding tert-OH is 1. The van der Waals surface area contributed by atoms with E-state index in [1.807, 2.05) is 0 Å². The molecule has 0 fully saturated rings. The van der Waals surface area contributed by atoms with E-state index < -0.39 is 24.0 Å². The predicted molar refractivity (Wildman–Crippen MR) is 82.5 cm³/mol. The Bertz CT molecular complexity index is 348. The molecule has 0 spiro atoms. The Labute approximate surface area is 132 Å². The molecule has 6 nitrogen and oxygen atoms in total. The van der Waals surface area contributed by atoms with Crippen molar-refractivity contribution in [2.45, 2.75) is 13.8 Å². The van der Waals surface area contributed by atoms with Crippen LogP contribution in [0.2, 0.25) is 0 Å². The number of hydrogen-bond donors (Lipinski definition) is 1. The van der Waals surface area contributed by atoms with Crippen LogP contribution in [-0.4, -0.2) is 55.2 Å². The zero-order valence-corrected chi connectivity index (χ0v) is 13.8. The summed E-state index contributed by atoms with van der Waals surface area (Å²) in [4.78, 5) is 24.0. The second-order valence-corrected chi connectivity index (χ2v) is 6.14. The van der Waals surface area contributed by atoms with Gasteiger partial charge in [-0.05, 0) is 13.8 Å². The molecule has 0 aliphatic heterocycles. The SMILES string of the molecule is C#CCSSCOCC(CO)(C(=O)OCC)C(=O)OCC. The topological polar surface area (TPSA) is 82.1 Å². The predicted octanol–water partition coefficient (Wildman–Crippen LogP) is 1.08. The summed E-state index contributed by atoms with van der Waals surface area (Å²) >= 11 is 0. The lowest BCUT2D eigenvalue weighted by Crippen LogP contribution is -2.48. The Balaban J connectivity index is 4.67. The highest BCUT2D eigenvalue weighted by molar-refractivity contribution is 8.76. The van der Waals surface area contributed by atoms with Crippen LogP contribution in [0, 0.1) is 17.8 Å². The minimum absolute atomic E-state index is 0.0900. The number of terminal acetylenes is 1. The Morgan fingerprint density at radius 3 is 2.19 bits per heavy atom. The van der Waals surface area contributed by atoms with Crippen LogP contribution in [0.3, 0.4) is 0 Å². The highest BCUT2D eigenvalue weighted by Crippen LogP contribution is 2.25. The fourth-order valence-corrected chi connectivity index (χ4v) is 2.51. The molecule has 0 saturated carbocycles. The molecule has 0 aromatic heterocycles. The molecular formula is C13H20O6S2. The molecular weight excluding hydrogens is 316 g/mol. The maximum atomic E-state index is 12.0. The number of aliphatic hydroxyl groups is 1. The Morgan fingerprint density at radius 2 is 1.76 bits per heavy atom. The first-order chi connectivity index (χ1) is 10.1. The van der Waals surface area contributed by atoms with Crippen molar-refractivity contribution in [3.63, 3.8) is 0 Å². The molecule has 0 aliphatic rings. The molecule has 1 N–H and O–H groups in total. The van der Waals surface area contributed by atoms with E-state index in [1.165, 1.54) is 21.6 Å². The van der Waals surface area contributed by atoms with Crippen LogP contribution >= 0.6 is 21.6 Å². The lowest BCUT2D eigenvalue weighted by molar-refractivity contribution is -0.179. The monoisotopic (exact) mass is 336 g/mol. The van der Waals surface area contributed by atoms with Crippen molar-refractivity contribution in [1.29, 1.82) is 0 Å². The van der Waals surface area contributed by atoms with Gasteiger partial charge < -0.3 is 19.3 Å². The third-order valence-electron chi connectivity index (χ3n) is 2.31. The van der Waals surface area contributed by atoms with Gasteiger partial charge in [0.2, 0.25) is 5.41 Å². The summed E-state index contributed by atoms with van der Waals surface area (Å²) in [5, 5.41) is 9.49. The number of ether oxygens (including phenoxy) is 3. The van der Waals surface area contributed by atoms with Crippen LogP contribution in [0.5, 0.6) is 0 Å². The largest absolute Gasteiger partial charge is 0.465 e. The maximum absolute atomic E-state index is 12.0. The Kier molecular flexibility index (Phi) is 11.3. The Hall–Kier alpha value is -0.880. The summed E-state index contributed by atoms with van der Waals surface area (Å²) in [5.41, 5.74) is -1.84. The zero-order chi connectivity index (χ0) is 16.1. The Morgan fingerprint density at radius 1 is 1.19 bits per heavy atom. The van der Waals surface area contributed by atoms with Crippen molar-refractivity contribution in [2.75, 3.05) is 38.1 Å². The molecule has 21 heavy (non-hydrogen) atoms. The average molecular weight is 336 g/mol. The van der Waals surface area contributed by atoms with Crippen LogP contribution in [0.15, 0.2) is 0 Å². The highest BCUT2D eigenvalue weighted by Gasteiger charge is 2.49. The summed E-state index contributed by atoms with van der Waals surface area (Å²) in [7, 11) is 2.75. The van der Waals surface area contributed by atoms with Crippen LogP contribution in [0.1, 0.15) is 13.8 Å². The minimum atomic E-state index is -1.84. The van der Waals surface area contributed by atoms with Gasteiger partial charge in [0.25, 0.3) is 0 Å². The summed E-state index contributed by atoms with van der Waals surface area (Å²) in [6.45, 7) is 2.34. The second kappa shape index (κ2) is 11.7. The molecule has 0 aliphatic carbocycles. The van der Waals surface area contributed by atoms with Crippen LogP contribution in [0.25, 0.3) is 0 Å². The van der Waals surface area contributed by atoms with Gasteiger partial charge in [-0.25, -0.2) is 0 Å². The molecule has 8 heteroatoms. The van der Waals surface area contributed by atoms with E-state index in [-0.39, 0.29) is 25.8 Å². The van der Waals surface area contributed by atoms with Gasteiger partial charge in [-0.15, -0.1) is 6.42 Å². The lowest BCUT2D eigenvalue weighted by Gasteiger charge is -2.26. The fraction of sp³-hybridized carbons (Fsp3) is 0.692. The molecule has 0 rings (SSSR count). The molecule has 0 aromatic rings. The molecule has 0 amide bonds. The molecule has 0 bridgehead atoms. The fourth-order valence-electron chi connectivity index (χ4n) is 1.27. The van der Waals surface area contributed by atoms with E-state index in [0.29, 0.717) is 5.75 Å². The normalized spacial score (nSPS) is 10.8. The van der Waals surface area contributed by atoms with Crippen molar-refractivity contribution in [1.82, 2.24) is 0 Å². The minimum Gasteiger partial charge on any atom is -0.465 e. The first-order valence-corrected chi connectivity index (χ1v) is 8.78. The molecule has 0 aromatic carbocycles. The van der Waals surface area contributed by atoms with E-state index in [0.717, 1.165) is 0 Å². The van der Waals surface area contributed by atoms with Crippen LogP contribution in [-0.2, 0) is 23.8 Å². The standard InChI is InChI=1S/C13H20O6S2/c1-4-7-20-21-10-17-9-13(8-14,11(15)18-5-2)12(16)19-6-3/h1,14H,5-10H2,2-3H3. The molecule has 0 radical (unpaired) electrons. The molecule has 0 heterocycles. The maximum Gasteiger partial charge on any atom is 0.328 e. The van der Waals surface area contributed by atoms with Crippen molar-refractivity contribution in [2.24, 2.45) is 5.41 Å². The second-order valence-electron chi connectivity index (χ2n) is 3.73. The van der Waals surface area contributed by atoms with E-state index in [9.17, 15) is 14.7 Å². The van der Waals surface area contributed by atoms with Gasteiger partial charge in [-0.3, -0.25) is 9.59 Å². The van der Waals surface area contributed by atoms with Crippen LogP contribution < -0.4 is 0 Å².